The zero-order valence-corrected chi connectivity index (χ0v) is 9.82. The van der Waals surface area contributed by atoms with Crippen molar-refractivity contribution in [3.05, 3.63) is 0 Å². The lowest BCUT2D eigenvalue weighted by atomic mass is 10.1. The SMILES string of the molecule is CC(=O)N(C)CC(=O)NCC(C)CC(=O)O. The van der Waals surface area contributed by atoms with E-state index in [1.54, 1.807) is 6.92 Å². The van der Waals surface area contributed by atoms with E-state index in [1.807, 2.05) is 0 Å². The second-order valence-corrected chi connectivity index (χ2v) is 3.88. The van der Waals surface area contributed by atoms with Crippen LogP contribution in [0.25, 0.3) is 0 Å². The molecule has 0 aliphatic rings. The summed E-state index contributed by atoms with van der Waals surface area (Å²) < 4.78 is 0. The number of amides is 2. The average molecular weight is 230 g/mol. The van der Waals surface area contributed by atoms with Crippen LogP contribution in [0.2, 0.25) is 0 Å². The number of nitrogens with zero attached hydrogens (tertiary/aromatic N) is 1. The van der Waals surface area contributed by atoms with Gasteiger partial charge >= 0.3 is 5.97 Å². The molecule has 0 aromatic carbocycles. The van der Waals surface area contributed by atoms with Gasteiger partial charge in [-0.3, -0.25) is 14.4 Å². The fourth-order valence-electron chi connectivity index (χ4n) is 1.04. The summed E-state index contributed by atoms with van der Waals surface area (Å²) in [5.41, 5.74) is 0. The molecule has 0 bridgehead atoms. The Bertz CT molecular complexity index is 278. The first-order valence-corrected chi connectivity index (χ1v) is 5.03. The Morgan fingerprint density at radius 1 is 1.38 bits per heavy atom. The van der Waals surface area contributed by atoms with Crippen molar-refractivity contribution in [2.24, 2.45) is 5.92 Å². The van der Waals surface area contributed by atoms with Crippen LogP contribution in [0.1, 0.15) is 20.3 Å². The zero-order valence-electron chi connectivity index (χ0n) is 9.82. The molecule has 0 saturated heterocycles. The minimum absolute atomic E-state index is 0.00484. The van der Waals surface area contributed by atoms with E-state index in [9.17, 15) is 14.4 Å². The topological polar surface area (TPSA) is 86.7 Å². The van der Waals surface area contributed by atoms with Crippen molar-refractivity contribution in [2.45, 2.75) is 20.3 Å². The number of rotatable bonds is 6. The molecule has 0 aromatic rings. The van der Waals surface area contributed by atoms with Crippen LogP contribution in [0.4, 0.5) is 0 Å². The highest BCUT2D eigenvalue weighted by atomic mass is 16.4. The highest BCUT2D eigenvalue weighted by molar-refractivity contribution is 5.83. The van der Waals surface area contributed by atoms with Crippen LogP contribution in [0, 0.1) is 5.92 Å². The lowest BCUT2D eigenvalue weighted by Crippen LogP contribution is -2.39. The van der Waals surface area contributed by atoms with Crippen LogP contribution in [0.15, 0.2) is 0 Å². The fraction of sp³-hybridized carbons (Fsp3) is 0.700. The van der Waals surface area contributed by atoms with Gasteiger partial charge in [0, 0.05) is 26.9 Å². The molecule has 1 unspecified atom stereocenters. The first kappa shape index (κ1) is 14.4. The van der Waals surface area contributed by atoms with E-state index in [2.05, 4.69) is 5.32 Å². The first-order chi connectivity index (χ1) is 7.32. The standard InChI is InChI=1S/C10H18N2O4/c1-7(4-10(15)16)5-11-9(14)6-12(3)8(2)13/h7H,4-6H2,1-3H3,(H,11,14)(H,15,16). The van der Waals surface area contributed by atoms with E-state index in [-0.39, 0.29) is 30.7 Å². The number of carboxylic acid groups (broad SMARTS) is 1. The van der Waals surface area contributed by atoms with Gasteiger partial charge in [0.15, 0.2) is 0 Å². The Kier molecular flexibility index (Phi) is 6.14. The number of hydrogen-bond acceptors (Lipinski definition) is 3. The Balaban J connectivity index is 3.81. The van der Waals surface area contributed by atoms with E-state index in [0.29, 0.717) is 6.54 Å². The van der Waals surface area contributed by atoms with Crippen molar-refractivity contribution in [3.63, 3.8) is 0 Å². The molecule has 0 spiro atoms. The smallest absolute Gasteiger partial charge is 0.303 e. The zero-order chi connectivity index (χ0) is 12.7. The number of carboxylic acids is 1. The molecule has 0 saturated carbocycles. The van der Waals surface area contributed by atoms with Crippen molar-refractivity contribution in [1.29, 1.82) is 0 Å². The summed E-state index contributed by atoms with van der Waals surface area (Å²) in [6.45, 7) is 3.41. The lowest BCUT2D eigenvalue weighted by Gasteiger charge is -2.15. The molecule has 2 N–H and O–H groups in total. The molecule has 0 radical (unpaired) electrons. The molecule has 0 aliphatic heterocycles. The maximum Gasteiger partial charge on any atom is 0.303 e. The number of carbonyl (C=O) groups excluding carboxylic acids is 2. The van der Waals surface area contributed by atoms with Crippen molar-refractivity contribution in [3.8, 4) is 0 Å². The lowest BCUT2D eigenvalue weighted by molar-refractivity contribution is -0.138. The first-order valence-electron chi connectivity index (χ1n) is 5.03. The molecule has 2 amide bonds. The van der Waals surface area contributed by atoms with E-state index in [4.69, 9.17) is 5.11 Å². The summed E-state index contributed by atoms with van der Waals surface area (Å²) in [6, 6.07) is 0. The molecule has 0 aromatic heterocycles. The maximum absolute atomic E-state index is 11.3. The second kappa shape index (κ2) is 6.81. The van der Waals surface area contributed by atoms with Crippen molar-refractivity contribution in [1.82, 2.24) is 10.2 Å². The maximum atomic E-state index is 11.3. The molecule has 6 heteroatoms. The van der Waals surface area contributed by atoms with Crippen molar-refractivity contribution >= 4 is 17.8 Å². The molecule has 6 nitrogen and oxygen atoms in total. The Morgan fingerprint density at radius 3 is 2.38 bits per heavy atom. The van der Waals surface area contributed by atoms with Gasteiger partial charge in [-0.25, -0.2) is 0 Å². The predicted octanol–water partition coefficient (Wildman–Crippen LogP) is -0.308. The Hall–Kier alpha value is -1.59. The van der Waals surface area contributed by atoms with Crippen LogP contribution in [0.3, 0.4) is 0 Å². The largest absolute Gasteiger partial charge is 0.481 e. The van der Waals surface area contributed by atoms with Crippen LogP contribution in [0.5, 0.6) is 0 Å². The summed E-state index contributed by atoms with van der Waals surface area (Å²) in [5, 5.41) is 11.1. The molecule has 16 heavy (non-hydrogen) atoms. The van der Waals surface area contributed by atoms with Crippen LogP contribution < -0.4 is 5.32 Å². The number of carbonyl (C=O) groups is 3. The van der Waals surface area contributed by atoms with Gasteiger partial charge in [-0.05, 0) is 5.92 Å². The molecule has 0 rings (SSSR count). The predicted molar refractivity (Wildman–Crippen MR) is 57.7 cm³/mol. The average Bonchev–Trinajstić information content (AvgIpc) is 2.13. The van der Waals surface area contributed by atoms with Gasteiger partial charge in [0.2, 0.25) is 11.8 Å². The van der Waals surface area contributed by atoms with Crippen molar-refractivity contribution in [2.75, 3.05) is 20.1 Å². The van der Waals surface area contributed by atoms with E-state index in [0.717, 1.165) is 0 Å². The van der Waals surface area contributed by atoms with E-state index in [1.165, 1.54) is 18.9 Å². The minimum atomic E-state index is -0.886. The molecule has 1 atom stereocenters. The quantitative estimate of drug-likeness (QED) is 0.655. The third kappa shape index (κ3) is 6.80. The number of likely N-dealkylation sites (N-methyl/N-ethyl adjacent to an activating group) is 1. The molecule has 0 fully saturated rings. The second-order valence-electron chi connectivity index (χ2n) is 3.88. The van der Waals surface area contributed by atoms with Gasteiger partial charge in [0.25, 0.3) is 0 Å². The highest BCUT2D eigenvalue weighted by Crippen LogP contribution is 1.99. The third-order valence-corrected chi connectivity index (χ3v) is 2.09. The fourth-order valence-corrected chi connectivity index (χ4v) is 1.04. The van der Waals surface area contributed by atoms with Crippen LogP contribution >= 0.6 is 0 Å². The van der Waals surface area contributed by atoms with Gasteiger partial charge in [0.05, 0.1) is 6.54 Å². The summed E-state index contributed by atoms with van der Waals surface area (Å²) in [7, 11) is 1.53. The van der Waals surface area contributed by atoms with Gasteiger partial charge in [-0.2, -0.15) is 0 Å². The molecule has 0 heterocycles. The highest BCUT2D eigenvalue weighted by Gasteiger charge is 2.11. The summed E-state index contributed by atoms with van der Waals surface area (Å²) >= 11 is 0. The minimum Gasteiger partial charge on any atom is -0.481 e. The van der Waals surface area contributed by atoms with E-state index >= 15 is 0 Å². The van der Waals surface area contributed by atoms with Gasteiger partial charge < -0.3 is 15.3 Å². The number of aliphatic carboxylic acids is 1. The normalized spacial score (nSPS) is 11.7. The van der Waals surface area contributed by atoms with E-state index < -0.39 is 5.97 Å². The van der Waals surface area contributed by atoms with Gasteiger partial charge in [-0.1, -0.05) is 6.92 Å². The Labute approximate surface area is 94.6 Å². The third-order valence-electron chi connectivity index (χ3n) is 2.09. The van der Waals surface area contributed by atoms with Gasteiger partial charge in [0.1, 0.15) is 0 Å². The molecule has 92 valence electrons. The molecular weight excluding hydrogens is 212 g/mol. The van der Waals surface area contributed by atoms with Crippen LogP contribution in [-0.2, 0) is 14.4 Å². The molecular formula is C10H18N2O4. The monoisotopic (exact) mass is 230 g/mol. The summed E-state index contributed by atoms with van der Waals surface area (Å²) in [5.74, 6) is -1.48. The molecule has 0 aliphatic carbocycles. The summed E-state index contributed by atoms with van der Waals surface area (Å²) in [6.07, 6.45) is 0.0167. The Morgan fingerprint density at radius 2 is 1.94 bits per heavy atom. The van der Waals surface area contributed by atoms with Crippen molar-refractivity contribution < 1.29 is 19.5 Å². The number of nitrogens with one attached hydrogen (secondary N) is 1. The van der Waals surface area contributed by atoms with Gasteiger partial charge in [-0.15, -0.1) is 0 Å². The number of hydrogen-bond donors (Lipinski definition) is 2. The summed E-state index contributed by atoms with van der Waals surface area (Å²) in [4.78, 5) is 33.8. The van der Waals surface area contributed by atoms with Crippen LogP contribution in [-0.4, -0.2) is 47.9 Å².